The molecule has 0 saturated carbocycles. The van der Waals surface area contributed by atoms with Gasteiger partial charge in [-0.05, 0) is 38.1 Å². The highest BCUT2D eigenvalue weighted by atomic mass is 16.6. The van der Waals surface area contributed by atoms with Crippen LogP contribution in [0.5, 0.6) is 0 Å². The largest absolute Gasteiger partial charge is 0.354 e. The molecule has 0 aromatic heterocycles. The average Bonchev–Trinajstić information content (AvgIpc) is 2.70. The summed E-state index contributed by atoms with van der Waals surface area (Å²) in [5.74, 6) is -0.695. The van der Waals surface area contributed by atoms with Crippen molar-refractivity contribution in [1.29, 1.82) is 0 Å². The van der Waals surface area contributed by atoms with Crippen LogP contribution in [-0.4, -0.2) is 15.8 Å². The summed E-state index contributed by atoms with van der Waals surface area (Å²) in [4.78, 5) is 33.8. The van der Waals surface area contributed by atoms with Gasteiger partial charge in [0.15, 0.2) is 0 Å². The van der Waals surface area contributed by atoms with Crippen molar-refractivity contribution in [2.75, 3.05) is 10.6 Å². The van der Waals surface area contributed by atoms with Crippen molar-refractivity contribution >= 4 is 34.3 Å². The van der Waals surface area contributed by atoms with E-state index in [1.54, 1.807) is 24.3 Å². The Bertz CT molecular complexity index is 1110. The summed E-state index contributed by atoms with van der Waals surface area (Å²) < 4.78 is 0. The summed E-state index contributed by atoms with van der Waals surface area (Å²) in [6.45, 7) is 3.25. The first-order chi connectivity index (χ1) is 14.3. The predicted octanol–water partition coefficient (Wildman–Crippen LogP) is 5.12. The van der Waals surface area contributed by atoms with Gasteiger partial charge in [-0.25, -0.2) is 0 Å². The van der Waals surface area contributed by atoms with E-state index in [4.69, 9.17) is 0 Å². The Kier molecular flexibility index (Phi) is 5.73. The fraction of sp³-hybridized carbons (Fsp3) is 0.0952. The van der Waals surface area contributed by atoms with E-state index >= 15 is 0 Å². The molecule has 1 amide bonds. The minimum Gasteiger partial charge on any atom is -0.354 e. The van der Waals surface area contributed by atoms with Crippen molar-refractivity contribution in [2.24, 2.45) is 0 Å². The number of aryl methyl sites for hydroxylation is 1. The number of anilines is 3. The second-order valence-electron chi connectivity index (χ2n) is 6.64. The third-order valence-electron chi connectivity index (χ3n) is 4.51. The third-order valence-corrected chi connectivity index (χ3v) is 4.51. The molecule has 0 atom stereocenters. The molecule has 0 radical (unpaired) electrons. The molecule has 152 valence electrons. The molecule has 0 heterocycles. The first-order valence-corrected chi connectivity index (χ1v) is 8.94. The molecular weight excluding hydrogens is 388 g/mol. The standard InChI is InChI=1S/C21H18N4O5/c1-13-7-9-16(10-8-13)22-17-5-3-4-6-18(17)23-21(26)15-11-19(24(27)28)14(2)20(12-15)25(29)30/h3-12,22H,1-2H3,(H,23,26). The lowest BCUT2D eigenvalue weighted by Crippen LogP contribution is -2.14. The van der Waals surface area contributed by atoms with Crippen LogP contribution in [0, 0.1) is 34.1 Å². The van der Waals surface area contributed by atoms with Crippen molar-refractivity contribution in [3.8, 4) is 0 Å². The van der Waals surface area contributed by atoms with Gasteiger partial charge in [-0.2, -0.15) is 0 Å². The minimum absolute atomic E-state index is 0.108. The molecule has 0 aliphatic carbocycles. The summed E-state index contributed by atoms with van der Waals surface area (Å²) in [6.07, 6.45) is 0. The normalized spacial score (nSPS) is 10.3. The highest BCUT2D eigenvalue weighted by Gasteiger charge is 2.25. The van der Waals surface area contributed by atoms with Gasteiger partial charge in [-0.1, -0.05) is 29.8 Å². The Morgan fingerprint density at radius 3 is 1.90 bits per heavy atom. The fourth-order valence-corrected chi connectivity index (χ4v) is 2.88. The molecule has 3 rings (SSSR count). The number of para-hydroxylation sites is 2. The van der Waals surface area contributed by atoms with Gasteiger partial charge in [0.05, 0.1) is 26.8 Å². The zero-order valence-electron chi connectivity index (χ0n) is 16.2. The summed E-state index contributed by atoms with van der Waals surface area (Å²) >= 11 is 0. The maximum atomic E-state index is 12.7. The molecule has 0 fully saturated rings. The van der Waals surface area contributed by atoms with E-state index in [-0.39, 0.29) is 11.1 Å². The Morgan fingerprint density at radius 1 is 0.833 bits per heavy atom. The van der Waals surface area contributed by atoms with Crippen LogP contribution in [0.3, 0.4) is 0 Å². The molecule has 3 aromatic carbocycles. The molecule has 0 aliphatic rings. The van der Waals surface area contributed by atoms with E-state index in [2.05, 4.69) is 10.6 Å². The van der Waals surface area contributed by atoms with E-state index < -0.39 is 27.1 Å². The second-order valence-corrected chi connectivity index (χ2v) is 6.64. The molecule has 3 aromatic rings. The first-order valence-electron chi connectivity index (χ1n) is 8.94. The maximum Gasteiger partial charge on any atom is 0.279 e. The van der Waals surface area contributed by atoms with Gasteiger partial charge >= 0.3 is 0 Å². The van der Waals surface area contributed by atoms with E-state index in [1.807, 2.05) is 31.2 Å². The van der Waals surface area contributed by atoms with Crippen LogP contribution in [0.15, 0.2) is 60.7 Å². The number of carbonyl (C=O) groups excluding carboxylic acids is 1. The molecule has 0 bridgehead atoms. The number of nitrogens with zero attached hydrogens (tertiary/aromatic N) is 2. The Morgan fingerprint density at radius 2 is 1.37 bits per heavy atom. The van der Waals surface area contributed by atoms with Gasteiger partial charge in [-0.15, -0.1) is 0 Å². The van der Waals surface area contributed by atoms with Gasteiger partial charge in [-0.3, -0.25) is 25.0 Å². The van der Waals surface area contributed by atoms with Crippen molar-refractivity contribution in [3.05, 3.63) is 97.6 Å². The van der Waals surface area contributed by atoms with Crippen molar-refractivity contribution in [1.82, 2.24) is 0 Å². The van der Waals surface area contributed by atoms with Crippen LogP contribution in [0.25, 0.3) is 0 Å². The second kappa shape index (κ2) is 8.39. The Labute approximate surface area is 171 Å². The maximum absolute atomic E-state index is 12.7. The van der Waals surface area contributed by atoms with Crippen LogP contribution < -0.4 is 10.6 Å². The number of amides is 1. The third kappa shape index (κ3) is 4.41. The van der Waals surface area contributed by atoms with Crippen LogP contribution in [0.1, 0.15) is 21.5 Å². The van der Waals surface area contributed by atoms with Crippen LogP contribution in [0.4, 0.5) is 28.4 Å². The van der Waals surface area contributed by atoms with Crippen molar-refractivity contribution < 1.29 is 14.6 Å². The molecule has 2 N–H and O–H groups in total. The molecule has 0 aliphatic heterocycles. The number of hydrogen-bond acceptors (Lipinski definition) is 6. The lowest BCUT2D eigenvalue weighted by Gasteiger charge is -2.13. The van der Waals surface area contributed by atoms with E-state index in [0.717, 1.165) is 23.4 Å². The quantitative estimate of drug-likeness (QED) is 0.432. The highest BCUT2D eigenvalue weighted by Crippen LogP contribution is 2.31. The monoisotopic (exact) mass is 406 g/mol. The summed E-state index contributed by atoms with van der Waals surface area (Å²) in [5.41, 5.74) is 1.68. The fourth-order valence-electron chi connectivity index (χ4n) is 2.88. The number of nitro benzene ring substituents is 2. The number of rotatable bonds is 6. The highest BCUT2D eigenvalue weighted by molar-refractivity contribution is 6.07. The summed E-state index contributed by atoms with van der Waals surface area (Å²) in [7, 11) is 0. The van der Waals surface area contributed by atoms with Crippen LogP contribution in [0.2, 0.25) is 0 Å². The number of carbonyl (C=O) groups is 1. The van der Waals surface area contributed by atoms with E-state index in [1.165, 1.54) is 6.92 Å². The van der Waals surface area contributed by atoms with Gasteiger partial charge in [0, 0.05) is 17.8 Å². The average molecular weight is 406 g/mol. The lowest BCUT2D eigenvalue weighted by atomic mass is 10.1. The minimum atomic E-state index is -0.744. The molecule has 0 unspecified atom stereocenters. The van der Waals surface area contributed by atoms with Gasteiger partial charge in [0.2, 0.25) is 0 Å². The van der Waals surface area contributed by atoms with E-state index in [9.17, 15) is 25.0 Å². The zero-order chi connectivity index (χ0) is 21.8. The number of nitro groups is 2. The topological polar surface area (TPSA) is 127 Å². The van der Waals surface area contributed by atoms with Gasteiger partial charge in [0.25, 0.3) is 17.3 Å². The Balaban J connectivity index is 1.92. The summed E-state index contributed by atoms with van der Waals surface area (Å²) in [6, 6.07) is 16.6. The van der Waals surface area contributed by atoms with Crippen LogP contribution in [-0.2, 0) is 0 Å². The molecule has 0 spiro atoms. The Hall–Kier alpha value is -4.27. The van der Waals surface area contributed by atoms with Gasteiger partial charge < -0.3 is 10.6 Å². The van der Waals surface area contributed by atoms with Gasteiger partial charge in [0.1, 0.15) is 5.56 Å². The van der Waals surface area contributed by atoms with Crippen LogP contribution >= 0.6 is 0 Å². The number of benzene rings is 3. The molecule has 9 nitrogen and oxygen atoms in total. The first kappa shape index (κ1) is 20.5. The predicted molar refractivity (Wildman–Crippen MR) is 113 cm³/mol. The zero-order valence-corrected chi connectivity index (χ0v) is 16.2. The molecule has 30 heavy (non-hydrogen) atoms. The lowest BCUT2D eigenvalue weighted by molar-refractivity contribution is -0.395. The molecular formula is C21H18N4O5. The van der Waals surface area contributed by atoms with E-state index in [0.29, 0.717) is 11.4 Å². The number of hydrogen-bond donors (Lipinski definition) is 2. The van der Waals surface area contributed by atoms with Crippen molar-refractivity contribution in [3.63, 3.8) is 0 Å². The molecule has 0 saturated heterocycles. The summed E-state index contributed by atoms with van der Waals surface area (Å²) in [5, 5.41) is 28.4. The number of nitrogens with one attached hydrogen (secondary N) is 2. The SMILES string of the molecule is Cc1ccc(Nc2ccccc2NC(=O)c2cc([N+](=O)[O-])c(C)c([N+](=O)[O-])c2)cc1. The molecule has 9 heteroatoms. The smallest absolute Gasteiger partial charge is 0.279 e. The van der Waals surface area contributed by atoms with Crippen molar-refractivity contribution in [2.45, 2.75) is 13.8 Å².